The maximum atomic E-state index is 12.2. The Labute approximate surface area is 101 Å². The molecule has 0 aromatic carbocycles. The Morgan fingerprint density at radius 1 is 1.19 bits per heavy atom. The van der Waals surface area contributed by atoms with E-state index in [1.807, 2.05) is 21.6 Å². The lowest BCUT2D eigenvalue weighted by molar-refractivity contribution is 0.0429. The zero-order valence-corrected chi connectivity index (χ0v) is 10.9. The summed E-state index contributed by atoms with van der Waals surface area (Å²) in [4.78, 5) is 16.1. The summed E-state index contributed by atoms with van der Waals surface area (Å²) >= 11 is 1.95. The lowest BCUT2D eigenvalue weighted by Crippen LogP contribution is -2.53. The Balaban J connectivity index is 1.93. The van der Waals surface area contributed by atoms with Crippen molar-refractivity contribution in [3.63, 3.8) is 0 Å². The summed E-state index contributed by atoms with van der Waals surface area (Å²) in [6, 6.07) is 0.191. The first kappa shape index (κ1) is 12.0. The van der Waals surface area contributed by atoms with Crippen LogP contribution in [0.3, 0.4) is 0 Å². The van der Waals surface area contributed by atoms with E-state index >= 15 is 0 Å². The number of morpholine rings is 1. The molecule has 2 saturated heterocycles. The number of carbonyl (C=O) groups excluding carboxylic acids is 1. The summed E-state index contributed by atoms with van der Waals surface area (Å²) < 4.78 is 5.46. The van der Waals surface area contributed by atoms with Crippen LogP contribution in [0.4, 0.5) is 4.79 Å². The van der Waals surface area contributed by atoms with Crippen molar-refractivity contribution in [3.05, 3.63) is 0 Å². The summed E-state index contributed by atoms with van der Waals surface area (Å²) in [5.74, 6) is 1.04. The molecule has 4 nitrogen and oxygen atoms in total. The predicted molar refractivity (Wildman–Crippen MR) is 65.9 cm³/mol. The maximum absolute atomic E-state index is 12.2. The maximum Gasteiger partial charge on any atom is 0.320 e. The van der Waals surface area contributed by atoms with E-state index in [1.165, 1.54) is 0 Å². The fraction of sp³-hybridized carbons (Fsp3) is 0.909. The molecule has 0 spiro atoms. The third-order valence-electron chi connectivity index (χ3n) is 2.98. The average molecular weight is 244 g/mol. The molecule has 2 fully saturated rings. The molecule has 0 aliphatic carbocycles. The second-order valence-electron chi connectivity index (χ2n) is 4.91. The first-order chi connectivity index (χ1) is 7.58. The van der Waals surface area contributed by atoms with E-state index in [4.69, 9.17) is 4.74 Å². The van der Waals surface area contributed by atoms with E-state index in [1.54, 1.807) is 0 Å². The summed E-state index contributed by atoms with van der Waals surface area (Å²) in [5.41, 5.74) is 0. The SMILES string of the molecule is CC1(C)CN(C(=O)N2CCOCC2)CCS1. The van der Waals surface area contributed by atoms with Crippen molar-refractivity contribution in [2.75, 3.05) is 45.1 Å². The van der Waals surface area contributed by atoms with E-state index in [-0.39, 0.29) is 10.8 Å². The van der Waals surface area contributed by atoms with E-state index in [0.29, 0.717) is 13.2 Å². The highest BCUT2D eigenvalue weighted by atomic mass is 32.2. The largest absolute Gasteiger partial charge is 0.378 e. The molecule has 2 heterocycles. The molecular weight excluding hydrogens is 224 g/mol. The van der Waals surface area contributed by atoms with Gasteiger partial charge < -0.3 is 14.5 Å². The molecule has 0 radical (unpaired) electrons. The molecule has 0 N–H and O–H groups in total. The minimum Gasteiger partial charge on any atom is -0.378 e. The number of urea groups is 1. The Morgan fingerprint density at radius 2 is 1.88 bits per heavy atom. The number of hydrogen-bond donors (Lipinski definition) is 0. The molecule has 0 unspecified atom stereocenters. The van der Waals surface area contributed by atoms with Gasteiger partial charge in [-0.05, 0) is 13.8 Å². The molecule has 2 amide bonds. The smallest absolute Gasteiger partial charge is 0.320 e. The van der Waals surface area contributed by atoms with Crippen molar-refractivity contribution in [1.82, 2.24) is 9.80 Å². The monoisotopic (exact) mass is 244 g/mol. The minimum absolute atomic E-state index is 0.191. The van der Waals surface area contributed by atoms with Crippen molar-refractivity contribution >= 4 is 17.8 Å². The van der Waals surface area contributed by atoms with Crippen LogP contribution in [0.15, 0.2) is 0 Å². The summed E-state index contributed by atoms with van der Waals surface area (Å²) in [6.07, 6.45) is 0. The predicted octanol–water partition coefficient (Wildman–Crippen LogP) is 1.27. The minimum atomic E-state index is 0.191. The summed E-state index contributed by atoms with van der Waals surface area (Å²) in [6.45, 7) is 8.98. The van der Waals surface area contributed by atoms with E-state index in [0.717, 1.165) is 31.9 Å². The van der Waals surface area contributed by atoms with E-state index < -0.39 is 0 Å². The third-order valence-corrected chi connectivity index (χ3v) is 4.28. The molecule has 0 atom stereocenters. The van der Waals surface area contributed by atoms with Crippen LogP contribution >= 0.6 is 11.8 Å². The number of carbonyl (C=O) groups is 1. The molecular formula is C11H20N2O2S. The topological polar surface area (TPSA) is 32.8 Å². The lowest BCUT2D eigenvalue weighted by Gasteiger charge is -2.40. The van der Waals surface area contributed by atoms with Crippen molar-refractivity contribution in [3.8, 4) is 0 Å². The number of thioether (sulfide) groups is 1. The fourth-order valence-corrected chi connectivity index (χ4v) is 3.25. The summed E-state index contributed by atoms with van der Waals surface area (Å²) in [7, 11) is 0. The normalized spacial score (nSPS) is 25.6. The van der Waals surface area contributed by atoms with Gasteiger partial charge in [-0.2, -0.15) is 11.8 Å². The van der Waals surface area contributed by atoms with Crippen LogP contribution in [0.5, 0.6) is 0 Å². The van der Waals surface area contributed by atoms with Crippen molar-refractivity contribution < 1.29 is 9.53 Å². The van der Waals surface area contributed by atoms with E-state index in [2.05, 4.69) is 13.8 Å². The highest BCUT2D eigenvalue weighted by Gasteiger charge is 2.32. The zero-order chi connectivity index (χ0) is 11.6. The standard InChI is InChI=1S/C11H20N2O2S/c1-11(2)9-13(5-8-16-11)10(14)12-3-6-15-7-4-12/h3-9H2,1-2H3. The molecule has 2 aliphatic heterocycles. The third kappa shape index (κ3) is 2.83. The van der Waals surface area contributed by atoms with Crippen LogP contribution in [-0.2, 0) is 4.74 Å². The first-order valence-electron chi connectivity index (χ1n) is 5.84. The van der Waals surface area contributed by atoms with Gasteiger partial charge in [0.2, 0.25) is 0 Å². The highest BCUT2D eigenvalue weighted by Crippen LogP contribution is 2.29. The molecule has 0 saturated carbocycles. The van der Waals surface area contributed by atoms with Gasteiger partial charge in [-0.1, -0.05) is 0 Å². The second-order valence-corrected chi connectivity index (χ2v) is 6.71. The van der Waals surface area contributed by atoms with Crippen LogP contribution in [0.2, 0.25) is 0 Å². The van der Waals surface area contributed by atoms with Gasteiger partial charge in [0.15, 0.2) is 0 Å². The number of rotatable bonds is 0. The number of nitrogens with zero attached hydrogens (tertiary/aromatic N) is 2. The molecule has 2 rings (SSSR count). The van der Waals surface area contributed by atoms with Gasteiger partial charge in [0.1, 0.15) is 0 Å². The van der Waals surface area contributed by atoms with Crippen LogP contribution in [0.1, 0.15) is 13.8 Å². The van der Waals surface area contributed by atoms with Gasteiger partial charge >= 0.3 is 6.03 Å². The molecule has 16 heavy (non-hydrogen) atoms. The van der Waals surface area contributed by atoms with Crippen LogP contribution in [0, 0.1) is 0 Å². The molecule has 2 aliphatic rings. The van der Waals surface area contributed by atoms with E-state index in [9.17, 15) is 4.79 Å². The lowest BCUT2D eigenvalue weighted by atomic mass is 10.2. The number of hydrogen-bond acceptors (Lipinski definition) is 3. The Bertz CT molecular complexity index is 265. The van der Waals surface area contributed by atoms with Gasteiger partial charge in [0, 0.05) is 36.7 Å². The van der Waals surface area contributed by atoms with Gasteiger partial charge in [0.05, 0.1) is 13.2 Å². The molecule has 0 aromatic heterocycles. The van der Waals surface area contributed by atoms with Crippen molar-refractivity contribution in [1.29, 1.82) is 0 Å². The molecule has 0 aromatic rings. The molecule has 0 bridgehead atoms. The number of amides is 2. The van der Waals surface area contributed by atoms with Crippen molar-refractivity contribution in [2.45, 2.75) is 18.6 Å². The van der Waals surface area contributed by atoms with Crippen molar-refractivity contribution in [2.24, 2.45) is 0 Å². The molecule has 92 valence electrons. The van der Waals surface area contributed by atoms with Gasteiger partial charge in [-0.25, -0.2) is 4.79 Å². The Morgan fingerprint density at radius 3 is 2.50 bits per heavy atom. The quantitative estimate of drug-likeness (QED) is 0.643. The van der Waals surface area contributed by atoms with Gasteiger partial charge in [0.25, 0.3) is 0 Å². The van der Waals surface area contributed by atoms with Gasteiger partial charge in [-0.3, -0.25) is 0 Å². The fourth-order valence-electron chi connectivity index (χ4n) is 2.13. The van der Waals surface area contributed by atoms with Gasteiger partial charge in [-0.15, -0.1) is 0 Å². The van der Waals surface area contributed by atoms with Crippen LogP contribution in [0.25, 0.3) is 0 Å². The highest BCUT2D eigenvalue weighted by molar-refractivity contribution is 8.00. The Kier molecular flexibility index (Phi) is 3.64. The first-order valence-corrected chi connectivity index (χ1v) is 6.83. The van der Waals surface area contributed by atoms with Crippen LogP contribution < -0.4 is 0 Å². The molecule has 5 heteroatoms. The van der Waals surface area contributed by atoms with Crippen LogP contribution in [-0.4, -0.2) is 65.7 Å². The average Bonchev–Trinajstić information content (AvgIpc) is 2.28. The zero-order valence-electron chi connectivity index (χ0n) is 10.1. The summed E-state index contributed by atoms with van der Waals surface area (Å²) in [5, 5.41) is 0. The number of ether oxygens (including phenoxy) is 1. The Hall–Kier alpha value is -0.420. The second kappa shape index (κ2) is 4.84.